The van der Waals surface area contributed by atoms with Gasteiger partial charge in [-0.3, -0.25) is 4.79 Å². The first-order valence-corrected chi connectivity index (χ1v) is 17.2. The van der Waals surface area contributed by atoms with Crippen LogP contribution in [0.4, 0.5) is 0 Å². The van der Waals surface area contributed by atoms with Crippen molar-refractivity contribution in [1.29, 1.82) is 0 Å². The number of unbranched alkanes of at least 4 members (excludes halogenated alkanes) is 17. The molecule has 1 aliphatic rings. The second-order valence-electron chi connectivity index (χ2n) is 12.3. The van der Waals surface area contributed by atoms with E-state index >= 15 is 0 Å². The summed E-state index contributed by atoms with van der Waals surface area (Å²) in [7, 11) is 0. The minimum Gasteiger partial charge on any atom is -0.394 e. The number of carbonyl (C=O) groups excluding carboxylic acids is 1. The second-order valence-corrected chi connectivity index (χ2v) is 12.3. The smallest absolute Gasteiger partial charge is 0.220 e. The van der Waals surface area contributed by atoms with Gasteiger partial charge in [0.15, 0.2) is 6.29 Å². The van der Waals surface area contributed by atoms with Crippen molar-refractivity contribution < 1.29 is 39.8 Å². The standard InChI is InChI=1S/C33H65NO8/c1-3-5-7-9-11-13-14-15-17-19-21-23-29(37)34-26(27(36)22-20-18-16-12-10-8-6-4-2)25-41-33-32(40)31(39)30(38)28(24-35)42-33/h26-28,30-33,35-36,38-40H,3-25H2,1-2H3,(H,34,37). The van der Waals surface area contributed by atoms with E-state index in [1.165, 1.54) is 83.5 Å². The highest BCUT2D eigenvalue weighted by molar-refractivity contribution is 5.76. The van der Waals surface area contributed by atoms with Crippen LogP contribution >= 0.6 is 0 Å². The third-order valence-corrected chi connectivity index (χ3v) is 8.46. The van der Waals surface area contributed by atoms with Gasteiger partial charge in [-0.15, -0.1) is 0 Å². The van der Waals surface area contributed by atoms with Crippen LogP contribution in [0.25, 0.3) is 0 Å². The van der Waals surface area contributed by atoms with E-state index in [-0.39, 0.29) is 12.5 Å². The first kappa shape index (κ1) is 39.2. The third-order valence-electron chi connectivity index (χ3n) is 8.46. The molecule has 9 nitrogen and oxygen atoms in total. The number of carbonyl (C=O) groups is 1. The van der Waals surface area contributed by atoms with Crippen molar-refractivity contribution in [3.8, 4) is 0 Å². The number of nitrogens with one attached hydrogen (secondary N) is 1. The maximum Gasteiger partial charge on any atom is 0.220 e. The summed E-state index contributed by atoms with van der Waals surface area (Å²) < 4.78 is 11.1. The van der Waals surface area contributed by atoms with Crippen LogP contribution in [-0.2, 0) is 14.3 Å². The van der Waals surface area contributed by atoms with E-state index in [1.807, 2.05) is 0 Å². The summed E-state index contributed by atoms with van der Waals surface area (Å²) in [6, 6.07) is -0.706. The first-order valence-electron chi connectivity index (χ1n) is 17.2. The van der Waals surface area contributed by atoms with Crippen LogP contribution in [0.1, 0.15) is 149 Å². The third kappa shape index (κ3) is 17.5. The van der Waals surface area contributed by atoms with Crippen LogP contribution in [0, 0.1) is 0 Å². The van der Waals surface area contributed by atoms with Gasteiger partial charge in [-0.25, -0.2) is 0 Å². The Morgan fingerprint density at radius 3 is 1.69 bits per heavy atom. The van der Waals surface area contributed by atoms with Gasteiger partial charge < -0.3 is 40.3 Å². The SMILES string of the molecule is CCCCCCCCCCCCCC(=O)NC(COC1OC(CO)C(O)C(O)C1O)C(O)CCCCCCCCCC. The average molecular weight is 604 g/mol. The van der Waals surface area contributed by atoms with E-state index in [4.69, 9.17) is 9.47 Å². The number of amides is 1. The molecule has 7 atom stereocenters. The predicted octanol–water partition coefficient (Wildman–Crippen LogP) is 4.88. The molecular formula is C33H65NO8. The van der Waals surface area contributed by atoms with Crippen molar-refractivity contribution in [3.05, 3.63) is 0 Å². The minimum atomic E-state index is -1.54. The summed E-state index contributed by atoms with van der Waals surface area (Å²) in [6.07, 6.45) is 15.5. The fourth-order valence-corrected chi connectivity index (χ4v) is 5.57. The Balaban J connectivity index is 2.47. The van der Waals surface area contributed by atoms with Gasteiger partial charge in [-0.2, -0.15) is 0 Å². The molecule has 1 aliphatic heterocycles. The monoisotopic (exact) mass is 603 g/mol. The number of hydrogen-bond donors (Lipinski definition) is 6. The maximum absolute atomic E-state index is 12.8. The highest BCUT2D eigenvalue weighted by atomic mass is 16.7. The summed E-state index contributed by atoms with van der Waals surface area (Å²) >= 11 is 0. The molecule has 1 rings (SSSR count). The van der Waals surface area contributed by atoms with Gasteiger partial charge in [0, 0.05) is 6.42 Å². The summed E-state index contributed by atoms with van der Waals surface area (Å²) in [6.45, 7) is 3.75. The minimum absolute atomic E-state index is 0.134. The van der Waals surface area contributed by atoms with Crippen LogP contribution in [0.5, 0.6) is 0 Å². The molecular weight excluding hydrogens is 538 g/mol. The molecule has 0 aromatic heterocycles. The predicted molar refractivity (Wildman–Crippen MR) is 166 cm³/mol. The highest BCUT2D eigenvalue weighted by Gasteiger charge is 2.44. The summed E-state index contributed by atoms with van der Waals surface area (Å²) in [5.41, 5.74) is 0. The second kappa shape index (κ2) is 25.5. The van der Waals surface area contributed by atoms with E-state index in [0.717, 1.165) is 38.5 Å². The number of aliphatic hydroxyl groups excluding tert-OH is 5. The quantitative estimate of drug-likeness (QED) is 0.0728. The lowest BCUT2D eigenvalue weighted by Crippen LogP contribution is -2.60. The lowest BCUT2D eigenvalue weighted by atomic mass is 9.99. The van der Waals surface area contributed by atoms with E-state index in [0.29, 0.717) is 12.8 Å². The molecule has 1 saturated heterocycles. The van der Waals surface area contributed by atoms with Gasteiger partial charge >= 0.3 is 0 Å². The van der Waals surface area contributed by atoms with Gasteiger partial charge in [0.2, 0.25) is 5.91 Å². The van der Waals surface area contributed by atoms with Crippen LogP contribution < -0.4 is 5.32 Å². The number of aliphatic hydroxyl groups is 5. The average Bonchev–Trinajstić information content (AvgIpc) is 2.98. The molecule has 6 N–H and O–H groups in total. The highest BCUT2D eigenvalue weighted by Crippen LogP contribution is 2.23. The lowest BCUT2D eigenvalue weighted by molar-refractivity contribution is -0.302. The number of hydrogen-bond acceptors (Lipinski definition) is 8. The molecule has 1 fully saturated rings. The number of rotatable bonds is 27. The normalized spacial score (nSPS) is 24.0. The first-order chi connectivity index (χ1) is 20.3. The largest absolute Gasteiger partial charge is 0.394 e. The van der Waals surface area contributed by atoms with Crippen molar-refractivity contribution in [3.63, 3.8) is 0 Å². The molecule has 7 unspecified atom stereocenters. The summed E-state index contributed by atoms with van der Waals surface area (Å²) in [5, 5.41) is 53.7. The lowest BCUT2D eigenvalue weighted by Gasteiger charge is -2.40. The Morgan fingerprint density at radius 1 is 0.714 bits per heavy atom. The van der Waals surface area contributed by atoms with Crippen molar-refractivity contribution in [2.75, 3.05) is 13.2 Å². The van der Waals surface area contributed by atoms with Crippen molar-refractivity contribution in [2.45, 2.75) is 192 Å². The zero-order valence-electron chi connectivity index (χ0n) is 26.8. The van der Waals surface area contributed by atoms with Crippen molar-refractivity contribution in [1.82, 2.24) is 5.32 Å². The van der Waals surface area contributed by atoms with Crippen LogP contribution in [-0.4, -0.2) is 87.5 Å². The van der Waals surface area contributed by atoms with Crippen LogP contribution in [0.15, 0.2) is 0 Å². The van der Waals surface area contributed by atoms with E-state index in [9.17, 15) is 30.3 Å². The fourth-order valence-electron chi connectivity index (χ4n) is 5.57. The molecule has 42 heavy (non-hydrogen) atoms. The van der Waals surface area contributed by atoms with Crippen LogP contribution in [0.2, 0.25) is 0 Å². The molecule has 0 saturated carbocycles. The zero-order chi connectivity index (χ0) is 31.0. The molecule has 0 aromatic carbocycles. The van der Waals surface area contributed by atoms with E-state index < -0.39 is 49.5 Å². The fraction of sp³-hybridized carbons (Fsp3) is 0.970. The van der Waals surface area contributed by atoms with Crippen LogP contribution in [0.3, 0.4) is 0 Å². The Labute approximate surface area is 255 Å². The molecule has 1 amide bonds. The topological polar surface area (TPSA) is 149 Å². The van der Waals surface area contributed by atoms with Gasteiger partial charge in [0.1, 0.15) is 24.4 Å². The van der Waals surface area contributed by atoms with E-state index in [1.54, 1.807) is 0 Å². The maximum atomic E-state index is 12.8. The molecule has 0 radical (unpaired) electrons. The summed E-state index contributed by atoms with van der Waals surface area (Å²) in [5.74, 6) is -0.150. The molecule has 0 aromatic rings. The Bertz CT molecular complexity index is 637. The molecule has 0 spiro atoms. The van der Waals surface area contributed by atoms with E-state index in [2.05, 4.69) is 19.2 Å². The molecule has 0 aliphatic carbocycles. The van der Waals surface area contributed by atoms with Crippen molar-refractivity contribution >= 4 is 5.91 Å². The van der Waals surface area contributed by atoms with Gasteiger partial charge in [-0.1, -0.05) is 129 Å². The Morgan fingerprint density at radius 2 is 1.19 bits per heavy atom. The molecule has 0 bridgehead atoms. The Hall–Kier alpha value is -0.810. The van der Waals surface area contributed by atoms with Gasteiger partial charge in [0.05, 0.1) is 25.4 Å². The molecule has 1 heterocycles. The molecule has 250 valence electrons. The Kier molecular flexibility index (Phi) is 23.8. The van der Waals surface area contributed by atoms with Crippen molar-refractivity contribution in [2.24, 2.45) is 0 Å². The molecule has 9 heteroatoms. The summed E-state index contributed by atoms with van der Waals surface area (Å²) in [4.78, 5) is 12.8. The number of ether oxygens (including phenoxy) is 2. The van der Waals surface area contributed by atoms with Gasteiger partial charge in [-0.05, 0) is 12.8 Å². The van der Waals surface area contributed by atoms with Gasteiger partial charge in [0.25, 0.3) is 0 Å². The zero-order valence-corrected chi connectivity index (χ0v) is 26.8.